The van der Waals surface area contributed by atoms with Gasteiger partial charge in [-0.2, -0.15) is 0 Å². The van der Waals surface area contributed by atoms with Crippen LogP contribution in [-0.2, 0) is 16.0 Å². The minimum atomic E-state index is -0.415. The Bertz CT molecular complexity index is 325. The van der Waals surface area contributed by atoms with E-state index < -0.39 is 5.60 Å². The molecule has 0 unspecified atom stereocenters. The molecule has 0 saturated heterocycles. The molecule has 0 radical (unpaired) electrons. The lowest BCUT2D eigenvalue weighted by Gasteiger charge is -2.18. The smallest absolute Gasteiger partial charge is 0.312 e. The van der Waals surface area contributed by atoms with E-state index in [4.69, 9.17) is 4.74 Å². The van der Waals surface area contributed by atoms with Crippen molar-refractivity contribution in [3.8, 4) is 0 Å². The van der Waals surface area contributed by atoms with Crippen LogP contribution in [0.15, 0.2) is 5.38 Å². The highest BCUT2D eigenvalue weighted by atomic mass is 32.1. The van der Waals surface area contributed by atoms with Gasteiger partial charge in [-0.05, 0) is 27.7 Å². The largest absolute Gasteiger partial charge is 0.460 e. The molecule has 0 atom stereocenters. The fourth-order valence-electron chi connectivity index (χ4n) is 1.01. The maximum Gasteiger partial charge on any atom is 0.312 e. The summed E-state index contributed by atoms with van der Waals surface area (Å²) in [6, 6.07) is 0. The zero-order valence-corrected chi connectivity index (χ0v) is 9.77. The minimum Gasteiger partial charge on any atom is -0.460 e. The van der Waals surface area contributed by atoms with E-state index in [-0.39, 0.29) is 12.4 Å². The van der Waals surface area contributed by atoms with Crippen LogP contribution in [-0.4, -0.2) is 16.6 Å². The van der Waals surface area contributed by atoms with Crippen molar-refractivity contribution in [2.45, 2.75) is 39.7 Å². The third-order valence-electron chi connectivity index (χ3n) is 1.41. The van der Waals surface area contributed by atoms with E-state index in [0.717, 1.165) is 10.7 Å². The lowest BCUT2D eigenvalue weighted by Crippen LogP contribution is -2.24. The lowest BCUT2D eigenvalue weighted by molar-refractivity contribution is -0.153. The van der Waals surface area contributed by atoms with E-state index in [0.29, 0.717) is 0 Å². The third kappa shape index (κ3) is 3.87. The second-order valence-electron chi connectivity index (χ2n) is 4.12. The number of hydrogen-bond donors (Lipinski definition) is 0. The summed E-state index contributed by atoms with van der Waals surface area (Å²) in [5, 5.41) is 2.86. The predicted octanol–water partition coefficient (Wildman–Crippen LogP) is 2.34. The average molecular weight is 213 g/mol. The van der Waals surface area contributed by atoms with Gasteiger partial charge in [0.25, 0.3) is 0 Å². The molecule has 0 amide bonds. The van der Waals surface area contributed by atoms with Gasteiger partial charge in [0, 0.05) is 5.38 Å². The molecule has 14 heavy (non-hydrogen) atoms. The summed E-state index contributed by atoms with van der Waals surface area (Å²) in [6.45, 7) is 7.49. The number of nitrogens with zero attached hydrogens (tertiary/aromatic N) is 1. The molecule has 0 bridgehead atoms. The third-order valence-corrected chi connectivity index (χ3v) is 2.23. The fourth-order valence-corrected chi connectivity index (χ4v) is 1.63. The minimum absolute atomic E-state index is 0.220. The number of aryl methyl sites for hydroxylation is 1. The van der Waals surface area contributed by atoms with Crippen molar-refractivity contribution in [1.29, 1.82) is 0 Å². The second kappa shape index (κ2) is 4.09. The van der Waals surface area contributed by atoms with Crippen molar-refractivity contribution < 1.29 is 9.53 Å². The van der Waals surface area contributed by atoms with E-state index in [9.17, 15) is 4.79 Å². The molecule has 0 aliphatic carbocycles. The Morgan fingerprint density at radius 3 is 2.64 bits per heavy atom. The zero-order chi connectivity index (χ0) is 10.8. The van der Waals surface area contributed by atoms with Gasteiger partial charge in [0.1, 0.15) is 5.60 Å². The molecule has 78 valence electrons. The molecular formula is C10H15NO2S. The first-order valence-electron chi connectivity index (χ1n) is 4.50. The second-order valence-corrected chi connectivity index (χ2v) is 5.18. The highest BCUT2D eigenvalue weighted by Crippen LogP contribution is 2.12. The molecule has 0 saturated carbocycles. The van der Waals surface area contributed by atoms with Gasteiger partial charge in [-0.1, -0.05) is 0 Å². The maximum absolute atomic E-state index is 11.4. The molecule has 1 aromatic heterocycles. The Morgan fingerprint density at radius 1 is 1.57 bits per heavy atom. The molecule has 0 aliphatic heterocycles. The summed E-state index contributed by atoms with van der Waals surface area (Å²) in [7, 11) is 0. The van der Waals surface area contributed by atoms with Gasteiger partial charge >= 0.3 is 5.97 Å². The molecule has 0 spiro atoms. The molecule has 0 N–H and O–H groups in total. The van der Waals surface area contributed by atoms with Crippen molar-refractivity contribution >= 4 is 17.3 Å². The average Bonchev–Trinajstić information content (AvgIpc) is 2.30. The summed E-state index contributed by atoms with van der Waals surface area (Å²) in [6.07, 6.45) is 0.265. The van der Waals surface area contributed by atoms with Crippen molar-refractivity contribution in [2.24, 2.45) is 0 Å². The zero-order valence-electron chi connectivity index (χ0n) is 8.96. The molecule has 1 heterocycles. The van der Waals surface area contributed by atoms with Gasteiger partial charge in [0.15, 0.2) is 0 Å². The highest BCUT2D eigenvalue weighted by molar-refractivity contribution is 7.09. The van der Waals surface area contributed by atoms with Crippen LogP contribution in [0.4, 0.5) is 0 Å². The molecule has 4 heteroatoms. The van der Waals surface area contributed by atoms with Gasteiger partial charge in [0.05, 0.1) is 17.1 Å². The van der Waals surface area contributed by atoms with E-state index in [1.165, 1.54) is 0 Å². The molecule has 0 aromatic carbocycles. The fraction of sp³-hybridized carbons (Fsp3) is 0.600. The van der Waals surface area contributed by atoms with Gasteiger partial charge in [-0.25, -0.2) is 4.98 Å². The number of thiazole rings is 1. The summed E-state index contributed by atoms with van der Waals surface area (Å²) >= 11 is 1.55. The molecule has 3 nitrogen and oxygen atoms in total. The van der Waals surface area contributed by atoms with Crippen LogP contribution in [0.1, 0.15) is 31.5 Å². The Morgan fingerprint density at radius 2 is 2.21 bits per heavy atom. The van der Waals surface area contributed by atoms with Crippen LogP contribution in [0.25, 0.3) is 0 Å². The number of hydrogen-bond acceptors (Lipinski definition) is 4. The van der Waals surface area contributed by atoms with Crippen LogP contribution in [0.3, 0.4) is 0 Å². The van der Waals surface area contributed by atoms with E-state index >= 15 is 0 Å². The van der Waals surface area contributed by atoms with Gasteiger partial charge in [-0.3, -0.25) is 4.79 Å². The van der Waals surface area contributed by atoms with Crippen LogP contribution in [0.2, 0.25) is 0 Å². The summed E-state index contributed by atoms with van der Waals surface area (Å²) in [5.41, 5.74) is 0.379. The first kappa shape index (κ1) is 11.2. The molecule has 0 aliphatic rings. The predicted molar refractivity (Wildman–Crippen MR) is 56.4 cm³/mol. The van der Waals surface area contributed by atoms with Crippen LogP contribution in [0.5, 0.6) is 0 Å². The standard InChI is InChI=1S/C10H15NO2S/c1-7-11-8(6-14-7)5-9(12)13-10(2,3)4/h6H,5H2,1-4H3. The number of esters is 1. The molecule has 1 aromatic rings. The van der Waals surface area contributed by atoms with Crippen LogP contribution >= 0.6 is 11.3 Å². The molecule has 1 rings (SSSR count). The SMILES string of the molecule is Cc1nc(CC(=O)OC(C)(C)C)cs1. The summed E-state index contributed by atoms with van der Waals surface area (Å²) < 4.78 is 5.18. The first-order valence-corrected chi connectivity index (χ1v) is 5.37. The quantitative estimate of drug-likeness (QED) is 0.708. The normalized spacial score (nSPS) is 11.4. The van der Waals surface area contributed by atoms with Gasteiger partial charge in [0.2, 0.25) is 0 Å². The topological polar surface area (TPSA) is 39.2 Å². The summed E-state index contributed by atoms with van der Waals surface area (Å²) in [4.78, 5) is 15.6. The van der Waals surface area contributed by atoms with E-state index in [2.05, 4.69) is 4.98 Å². The van der Waals surface area contributed by atoms with Gasteiger partial charge < -0.3 is 4.74 Å². The highest BCUT2D eigenvalue weighted by Gasteiger charge is 2.17. The first-order chi connectivity index (χ1) is 6.37. The number of rotatable bonds is 2. The van der Waals surface area contributed by atoms with Crippen molar-refractivity contribution in [3.63, 3.8) is 0 Å². The number of ether oxygens (including phenoxy) is 1. The van der Waals surface area contributed by atoms with Gasteiger partial charge in [-0.15, -0.1) is 11.3 Å². The monoisotopic (exact) mass is 213 g/mol. The van der Waals surface area contributed by atoms with Crippen LogP contribution < -0.4 is 0 Å². The molecule has 0 fully saturated rings. The lowest BCUT2D eigenvalue weighted by atomic mass is 10.2. The van der Waals surface area contributed by atoms with Crippen LogP contribution in [0, 0.1) is 6.92 Å². The Kier molecular flexibility index (Phi) is 3.26. The molecular weight excluding hydrogens is 198 g/mol. The maximum atomic E-state index is 11.4. The van der Waals surface area contributed by atoms with Crippen molar-refractivity contribution in [2.75, 3.05) is 0 Å². The van der Waals surface area contributed by atoms with E-state index in [1.54, 1.807) is 11.3 Å². The summed E-state index contributed by atoms with van der Waals surface area (Å²) in [5.74, 6) is -0.220. The number of aromatic nitrogens is 1. The number of carbonyl (C=O) groups is 1. The number of carbonyl (C=O) groups excluding carboxylic acids is 1. The Balaban J connectivity index is 2.50. The van der Waals surface area contributed by atoms with Crippen molar-refractivity contribution in [3.05, 3.63) is 16.1 Å². The van der Waals surface area contributed by atoms with E-state index in [1.807, 2.05) is 33.1 Å². The Labute approximate surface area is 88.1 Å². The van der Waals surface area contributed by atoms with Crippen molar-refractivity contribution in [1.82, 2.24) is 4.98 Å². The Hall–Kier alpha value is -0.900.